The van der Waals surface area contributed by atoms with Crippen LogP contribution in [0.1, 0.15) is 0 Å². The summed E-state index contributed by atoms with van der Waals surface area (Å²) >= 11 is 0. The first-order valence-corrected chi connectivity index (χ1v) is 4.00. The van der Waals surface area contributed by atoms with Crippen LogP contribution in [0.25, 0.3) is 0 Å². The second kappa shape index (κ2) is 21.5. The average molecular weight is 435 g/mol. The van der Waals surface area contributed by atoms with Gasteiger partial charge in [0.05, 0.1) is 0 Å². The number of hydrogen-bond acceptors (Lipinski definition) is 10. The molecule has 0 aromatic carbocycles. The normalized spacial score (nSPS) is 7.25. The second-order valence-electron chi connectivity index (χ2n) is 0.816. The van der Waals surface area contributed by atoms with Crippen molar-refractivity contribution in [3.63, 3.8) is 0 Å². The summed E-state index contributed by atoms with van der Waals surface area (Å²) in [5, 5.41) is 0. The van der Waals surface area contributed by atoms with Crippen LogP contribution in [-0.4, -0.2) is 51.5 Å². The van der Waals surface area contributed by atoms with Crippen LogP contribution in [0.4, 0.5) is 0 Å². The summed E-state index contributed by atoms with van der Waals surface area (Å²) in [5.74, 6) is 0. The molecule has 115 valence electrons. The van der Waals surface area contributed by atoms with E-state index in [-0.39, 0.29) is 67.6 Å². The van der Waals surface area contributed by atoms with Gasteiger partial charge in [-0.05, 0) is 0 Å². The van der Waals surface area contributed by atoms with Crippen molar-refractivity contribution in [2.24, 2.45) is 0 Å². The molecule has 0 amide bonds. The number of hydrogen-bond donors (Lipinski definition) is 0. The second-order valence-corrected chi connectivity index (χ2v) is 2.45. The molecule has 0 fully saturated rings. The zero-order valence-corrected chi connectivity index (χ0v) is 10.8. The molecule has 0 aliphatic carbocycles. The summed E-state index contributed by atoms with van der Waals surface area (Å²) in [5.41, 5.74) is 0. The summed E-state index contributed by atoms with van der Waals surface area (Å²) in [4.78, 5) is 0. The summed E-state index contributed by atoms with van der Waals surface area (Å²) in [6.45, 7) is 0. The van der Waals surface area contributed by atoms with E-state index < -0.39 is 20.8 Å². The van der Waals surface area contributed by atoms with E-state index in [0.717, 1.165) is 0 Å². The van der Waals surface area contributed by atoms with Crippen molar-refractivity contribution in [1.29, 1.82) is 0 Å². The van der Waals surface area contributed by atoms with E-state index in [1.54, 1.807) is 0 Å². The first-order chi connectivity index (χ1) is 4.00. The standard InChI is InChI=1S/3Cu.2H2O4S.3H2O/c;;;2*1-5(2,3)4;;;/h;;;2*(H2,1,2,3,4);3*1H2/q3*+2;;;;;/p-6. The molecule has 0 atom stereocenters. The predicted molar refractivity (Wildman–Crippen MR) is 28.4 cm³/mol. The molecule has 16 heteroatoms. The van der Waals surface area contributed by atoms with Crippen LogP contribution < -0.4 is 0 Å². The molecule has 0 unspecified atom stereocenters. The Hall–Kier alpha value is 1.18. The molecule has 0 saturated carbocycles. The van der Waals surface area contributed by atoms with Crippen molar-refractivity contribution in [3.05, 3.63) is 0 Å². The molecule has 0 aliphatic rings. The van der Waals surface area contributed by atoms with Gasteiger partial charge in [0.1, 0.15) is 0 Å². The minimum Gasteiger partial charge on any atom is -0.870 e. The fraction of sp³-hybridized carbons (Fsp3) is 0. The van der Waals surface area contributed by atoms with Crippen LogP contribution >= 0.6 is 0 Å². The van der Waals surface area contributed by atoms with Gasteiger partial charge in [-0.2, -0.15) is 0 Å². The van der Waals surface area contributed by atoms with Gasteiger partial charge in [0.2, 0.25) is 0 Å². The molecule has 11 nitrogen and oxygen atoms in total. The van der Waals surface area contributed by atoms with Crippen LogP contribution in [0.5, 0.6) is 0 Å². The van der Waals surface area contributed by atoms with Gasteiger partial charge in [-0.3, -0.25) is 16.8 Å². The van der Waals surface area contributed by atoms with Crippen molar-refractivity contribution >= 4 is 20.8 Å². The Bertz CT molecular complexity index is 216. The van der Waals surface area contributed by atoms with Gasteiger partial charge in [0.15, 0.2) is 0 Å². The third-order valence-electron chi connectivity index (χ3n) is 0. The molecule has 4 N–H and O–H groups in total. The zero-order chi connectivity index (χ0) is 9.00. The quantitative estimate of drug-likeness (QED) is 0.203. The molecule has 0 spiro atoms. The van der Waals surface area contributed by atoms with Crippen molar-refractivity contribution in [3.8, 4) is 0 Å². The SMILES string of the molecule is O.O=S(=O)([O-])[O-].O=S(=O)([O-])[O-].[Cu+2].[Cu+2].[Cu+2].[OH-].[OH-]. The monoisotopic (exact) mass is 433 g/mol. The van der Waals surface area contributed by atoms with Crippen molar-refractivity contribution < 1.29 is 103 Å². The van der Waals surface area contributed by atoms with Crippen molar-refractivity contribution in [2.45, 2.75) is 0 Å². The Morgan fingerprint density at radius 3 is 0.562 bits per heavy atom. The van der Waals surface area contributed by atoms with E-state index in [1.165, 1.54) is 0 Å². The van der Waals surface area contributed by atoms with E-state index in [9.17, 15) is 0 Å². The van der Waals surface area contributed by atoms with Gasteiger partial charge >= 0.3 is 51.2 Å². The van der Waals surface area contributed by atoms with Crippen LogP contribution in [0.15, 0.2) is 0 Å². The van der Waals surface area contributed by atoms with Crippen LogP contribution in [0.2, 0.25) is 0 Å². The van der Waals surface area contributed by atoms with Gasteiger partial charge in [-0.1, -0.05) is 0 Å². The Morgan fingerprint density at radius 2 is 0.562 bits per heavy atom. The molecule has 0 aliphatic heterocycles. The molecule has 0 aromatic rings. The molecular formula is H4Cu3O11S2. The van der Waals surface area contributed by atoms with Gasteiger partial charge in [0.25, 0.3) is 0 Å². The summed E-state index contributed by atoms with van der Waals surface area (Å²) in [7, 11) is -10.3. The maximum absolute atomic E-state index is 8.52. The predicted octanol–water partition coefficient (Wildman–Crippen LogP) is -3.86. The minimum atomic E-state index is -5.17. The van der Waals surface area contributed by atoms with Crippen molar-refractivity contribution in [2.75, 3.05) is 0 Å². The Kier molecular flexibility index (Phi) is 71.6. The van der Waals surface area contributed by atoms with Crippen LogP contribution in [0.3, 0.4) is 0 Å². The average Bonchev–Trinajstić information content (AvgIpc) is 1.12. The van der Waals surface area contributed by atoms with Crippen LogP contribution in [0, 0.1) is 0 Å². The fourth-order valence-corrected chi connectivity index (χ4v) is 0. The Balaban J connectivity index is -0.00000000970. The largest absolute Gasteiger partial charge is 2.00 e. The Labute approximate surface area is 123 Å². The third-order valence-corrected chi connectivity index (χ3v) is 0. The zero-order valence-electron chi connectivity index (χ0n) is 6.38. The van der Waals surface area contributed by atoms with Gasteiger partial charge < -0.3 is 34.6 Å². The van der Waals surface area contributed by atoms with E-state index in [1.807, 2.05) is 0 Å². The fourth-order valence-electron chi connectivity index (χ4n) is 0. The summed E-state index contributed by atoms with van der Waals surface area (Å²) < 4.78 is 68.2. The molecule has 0 rings (SSSR count). The van der Waals surface area contributed by atoms with Gasteiger partial charge in [-0.25, -0.2) is 0 Å². The maximum Gasteiger partial charge on any atom is 2.00 e. The first kappa shape index (κ1) is 53.4. The maximum atomic E-state index is 8.52. The molecular weight excluding hydrogens is 431 g/mol. The van der Waals surface area contributed by atoms with E-state index in [4.69, 9.17) is 35.0 Å². The molecule has 0 bridgehead atoms. The van der Waals surface area contributed by atoms with Gasteiger partial charge in [0, 0.05) is 20.8 Å². The Morgan fingerprint density at radius 1 is 0.562 bits per heavy atom. The third kappa shape index (κ3) is 2200. The minimum absolute atomic E-state index is 0. The van der Waals surface area contributed by atoms with E-state index >= 15 is 0 Å². The van der Waals surface area contributed by atoms with Gasteiger partial charge in [-0.15, -0.1) is 0 Å². The van der Waals surface area contributed by atoms with Crippen LogP contribution in [-0.2, 0) is 72.0 Å². The van der Waals surface area contributed by atoms with Crippen molar-refractivity contribution in [1.82, 2.24) is 0 Å². The molecule has 0 heterocycles. The summed E-state index contributed by atoms with van der Waals surface area (Å²) in [6, 6.07) is 0. The first-order valence-electron chi connectivity index (χ1n) is 1.33. The molecule has 0 aromatic heterocycles. The summed E-state index contributed by atoms with van der Waals surface area (Å²) in [6.07, 6.45) is 0. The van der Waals surface area contributed by atoms with E-state index in [0.29, 0.717) is 0 Å². The van der Waals surface area contributed by atoms with E-state index in [2.05, 4.69) is 0 Å². The smallest absolute Gasteiger partial charge is 0.870 e. The molecule has 16 heavy (non-hydrogen) atoms. The molecule has 3 radical (unpaired) electrons. The topological polar surface area (TPSA) is 252 Å². The molecule has 0 saturated heterocycles. The number of rotatable bonds is 0.